The van der Waals surface area contributed by atoms with Crippen LogP contribution in [0.2, 0.25) is 0 Å². The Bertz CT molecular complexity index is 1550. The van der Waals surface area contributed by atoms with Gasteiger partial charge in [0, 0.05) is 24.1 Å². The van der Waals surface area contributed by atoms with Gasteiger partial charge in [0.05, 0.1) is 28.4 Å². The Balaban J connectivity index is 1.61. The van der Waals surface area contributed by atoms with Crippen molar-refractivity contribution in [1.29, 1.82) is 0 Å². The zero-order valence-corrected chi connectivity index (χ0v) is 22.2. The predicted octanol–water partition coefficient (Wildman–Crippen LogP) is 5.61. The van der Waals surface area contributed by atoms with Crippen molar-refractivity contribution in [2.45, 2.75) is 55.6 Å². The van der Waals surface area contributed by atoms with Gasteiger partial charge in [-0.3, -0.25) is 9.78 Å². The summed E-state index contributed by atoms with van der Waals surface area (Å²) in [6, 6.07) is 5.38. The molecule has 2 aromatic carbocycles. The first-order valence-corrected chi connectivity index (χ1v) is 13.5. The summed E-state index contributed by atoms with van der Waals surface area (Å²) in [5, 5.41) is 2.28. The Morgan fingerprint density at radius 2 is 1.67 bits per heavy atom. The first-order valence-electron chi connectivity index (χ1n) is 12.1. The van der Waals surface area contributed by atoms with E-state index in [-0.39, 0.29) is 16.8 Å². The third kappa shape index (κ3) is 6.81. The number of amides is 1. The number of alkyl halides is 7. The summed E-state index contributed by atoms with van der Waals surface area (Å²) < 4.78 is 137. The lowest BCUT2D eigenvalue weighted by Gasteiger charge is -2.27. The molecule has 0 bridgehead atoms. The number of carbonyl (C=O) groups is 1. The topological polar surface area (TPSA) is 88.6 Å². The number of sulfonamides is 1. The quantitative estimate of drug-likeness (QED) is 0.346. The summed E-state index contributed by atoms with van der Waals surface area (Å²) in [5.74, 6) is -2.61. The van der Waals surface area contributed by atoms with Crippen LogP contribution in [0.15, 0.2) is 65.7 Å². The van der Waals surface area contributed by atoms with Gasteiger partial charge in [-0.2, -0.15) is 17.5 Å². The highest BCUT2D eigenvalue weighted by Gasteiger charge is 2.49. The molecule has 0 spiro atoms. The molecule has 1 saturated heterocycles. The van der Waals surface area contributed by atoms with Gasteiger partial charge >= 0.3 is 12.5 Å². The molecule has 3 aromatic rings. The highest BCUT2D eigenvalue weighted by Crippen LogP contribution is 2.35. The molecular formula is C26H21F8N3O4S. The molecule has 1 amide bonds. The lowest BCUT2D eigenvalue weighted by atomic mass is 10.1. The fourth-order valence-corrected chi connectivity index (χ4v) is 6.23. The van der Waals surface area contributed by atoms with E-state index in [2.05, 4.69) is 15.0 Å². The zero-order valence-electron chi connectivity index (χ0n) is 21.4. The number of carbonyl (C=O) groups excluding carboxylic acids is 1. The second-order valence-corrected chi connectivity index (χ2v) is 11.2. The van der Waals surface area contributed by atoms with Crippen molar-refractivity contribution in [3.8, 4) is 17.0 Å². The van der Waals surface area contributed by atoms with Crippen LogP contribution >= 0.6 is 0 Å². The molecule has 1 fully saturated rings. The van der Waals surface area contributed by atoms with Gasteiger partial charge in [-0.15, -0.1) is 13.2 Å². The van der Waals surface area contributed by atoms with Gasteiger partial charge in [-0.1, -0.05) is 12.1 Å². The second kappa shape index (κ2) is 11.5. The summed E-state index contributed by atoms with van der Waals surface area (Å²) >= 11 is 0. The van der Waals surface area contributed by atoms with Gasteiger partial charge in [0.25, 0.3) is 0 Å². The second-order valence-electron chi connectivity index (χ2n) is 9.31. The number of hydrogen-bond donors (Lipinski definition) is 1. The molecule has 16 heteroatoms. The van der Waals surface area contributed by atoms with Crippen molar-refractivity contribution in [3.05, 3.63) is 77.7 Å². The molecule has 7 nitrogen and oxygen atoms in total. The van der Waals surface area contributed by atoms with Crippen LogP contribution in [-0.4, -0.2) is 48.2 Å². The van der Waals surface area contributed by atoms with E-state index in [1.165, 1.54) is 6.92 Å². The maximum atomic E-state index is 14.7. The third-order valence-corrected chi connectivity index (χ3v) is 8.52. The van der Waals surface area contributed by atoms with Crippen molar-refractivity contribution in [1.82, 2.24) is 14.6 Å². The summed E-state index contributed by atoms with van der Waals surface area (Å²) in [5.41, 5.74) is -1.22. The minimum absolute atomic E-state index is 0.0543. The van der Waals surface area contributed by atoms with Crippen molar-refractivity contribution in [3.63, 3.8) is 0 Å². The normalized spacial score (nSPS) is 20.0. The fraction of sp³-hybridized carbons (Fsp3) is 0.308. The van der Waals surface area contributed by atoms with Crippen LogP contribution in [-0.2, 0) is 27.5 Å². The van der Waals surface area contributed by atoms with Crippen LogP contribution in [0.5, 0.6) is 5.75 Å². The fourth-order valence-electron chi connectivity index (χ4n) is 4.42. The predicted molar refractivity (Wildman–Crippen MR) is 131 cm³/mol. The molecule has 4 rings (SSSR count). The van der Waals surface area contributed by atoms with E-state index in [9.17, 15) is 48.3 Å². The van der Waals surface area contributed by atoms with Crippen LogP contribution in [0.25, 0.3) is 11.3 Å². The lowest BCUT2D eigenvalue weighted by molar-refractivity contribution is -0.275. The monoisotopic (exact) mass is 623 g/mol. The van der Waals surface area contributed by atoms with E-state index >= 15 is 0 Å². The van der Waals surface area contributed by atoms with Crippen molar-refractivity contribution in [2.75, 3.05) is 0 Å². The Hall–Kier alpha value is -3.79. The van der Waals surface area contributed by atoms with E-state index in [4.69, 9.17) is 0 Å². The van der Waals surface area contributed by atoms with Gasteiger partial charge in [0.1, 0.15) is 18.0 Å². The van der Waals surface area contributed by atoms with Crippen LogP contribution in [0.1, 0.15) is 24.5 Å². The molecule has 42 heavy (non-hydrogen) atoms. The van der Waals surface area contributed by atoms with Gasteiger partial charge in [-0.05, 0) is 49.4 Å². The Morgan fingerprint density at radius 3 is 2.24 bits per heavy atom. The highest BCUT2D eigenvalue weighted by molar-refractivity contribution is 7.89. The maximum absolute atomic E-state index is 14.7. The summed E-state index contributed by atoms with van der Waals surface area (Å²) in [6.45, 7) is 0.556. The minimum atomic E-state index is -5.17. The Kier molecular flexibility index (Phi) is 8.51. The summed E-state index contributed by atoms with van der Waals surface area (Å²) in [6.07, 6.45) is -11.5. The van der Waals surface area contributed by atoms with Crippen molar-refractivity contribution >= 4 is 15.9 Å². The summed E-state index contributed by atoms with van der Waals surface area (Å²) in [7, 11) is -4.50. The van der Waals surface area contributed by atoms with Crippen molar-refractivity contribution in [2.24, 2.45) is 0 Å². The van der Waals surface area contributed by atoms with Gasteiger partial charge in [-0.25, -0.2) is 17.2 Å². The van der Waals surface area contributed by atoms with E-state index in [0.717, 1.165) is 54.6 Å². The molecular weight excluding hydrogens is 602 g/mol. The van der Waals surface area contributed by atoms with Gasteiger partial charge in [0.15, 0.2) is 5.75 Å². The molecule has 0 unspecified atom stereocenters. The Morgan fingerprint density at radius 1 is 1.05 bits per heavy atom. The van der Waals surface area contributed by atoms with E-state index in [1.54, 1.807) is 0 Å². The number of rotatable bonds is 7. The molecule has 2 heterocycles. The number of hydrogen-bond acceptors (Lipinski definition) is 5. The number of pyridine rings is 1. The lowest BCUT2D eigenvalue weighted by Crippen LogP contribution is -2.48. The maximum Gasteiger partial charge on any atom is 0.573 e. The molecule has 1 aliphatic heterocycles. The minimum Gasteiger partial charge on any atom is -0.404 e. The number of nitrogens with zero attached hydrogens (tertiary/aromatic N) is 2. The first-order chi connectivity index (χ1) is 19.5. The van der Waals surface area contributed by atoms with E-state index in [0.29, 0.717) is 10.5 Å². The van der Waals surface area contributed by atoms with Crippen LogP contribution in [0.3, 0.4) is 0 Å². The molecule has 0 radical (unpaired) electrons. The number of nitrogens with one attached hydrogen (secondary N) is 1. The summed E-state index contributed by atoms with van der Waals surface area (Å²) in [4.78, 5) is 16.5. The van der Waals surface area contributed by atoms with Gasteiger partial charge < -0.3 is 10.1 Å². The number of halogens is 8. The number of aromatic nitrogens is 1. The largest absolute Gasteiger partial charge is 0.573 e. The van der Waals surface area contributed by atoms with Crippen molar-refractivity contribution < 1.29 is 53.1 Å². The van der Waals surface area contributed by atoms with Crippen LogP contribution in [0, 0.1) is 5.82 Å². The van der Waals surface area contributed by atoms with Gasteiger partial charge in [0.2, 0.25) is 15.9 Å². The molecule has 0 aliphatic carbocycles. The molecule has 226 valence electrons. The molecule has 3 atom stereocenters. The highest BCUT2D eigenvalue weighted by atomic mass is 32.2. The third-order valence-electron chi connectivity index (χ3n) is 6.51. The first kappa shape index (κ1) is 31.2. The SMILES string of the molecule is C[C@H]1[C@H](F)C[C@@H](C(=O)NCc2cc(-c3ccc(C(F)(F)F)cc3)ncc2OC(F)(F)F)N1S(=O)(=O)c1ccc(F)cc1. The zero-order chi connectivity index (χ0) is 31.0. The number of benzene rings is 2. The molecule has 1 N–H and O–H groups in total. The average Bonchev–Trinajstić information content (AvgIpc) is 3.21. The van der Waals surface area contributed by atoms with E-state index < -0.39 is 81.7 Å². The molecule has 0 saturated carbocycles. The van der Waals surface area contributed by atoms with E-state index in [1.807, 2.05) is 0 Å². The molecule has 1 aromatic heterocycles. The van der Waals surface area contributed by atoms with Crippen LogP contribution in [0.4, 0.5) is 35.1 Å². The average molecular weight is 624 g/mol. The molecule has 1 aliphatic rings. The Labute approximate surface area is 234 Å². The van der Waals surface area contributed by atoms with Crippen LogP contribution < -0.4 is 10.1 Å². The standard InChI is InChI=1S/C26H21F8N3O4S/c1-14-20(28)11-22(37(14)42(39,40)19-8-6-18(27)7-9-19)24(38)36-12-16-10-21(35-13-23(16)41-26(32,33)34)15-2-4-17(5-3-15)25(29,30)31/h2-10,13-14,20,22H,11-12H2,1H3,(H,36,38)/t14-,20+,22-/m0/s1. The smallest absolute Gasteiger partial charge is 0.404 e. The number of ether oxygens (including phenoxy) is 1.